The van der Waals surface area contributed by atoms with E-state index in [1.54, 1.807) is 24.3 Å². The zero-order valence-electron chi connectivity index (χ0n) is 11.2. The van der Waals surface area contributed by atoms with Crippen molar-refractivity contribution in [1.82, 2.24) is 0 Å². The molecule has 0 bridgehead atoms. The average molecular weight is 429 g/mol. The van der Waals surface area contributed by atoms with Crippen molar-refractivity contribution in [2.24, 2.45) is 0 Å². The van der Waals surface area contributed by atoms with Gasteiger partial charge in [0.05, 0.1) is 15.7 Å². The van der Waals surface area contributed by atoms with E-state index in [0.29, 0.717) is 10.2 Å². The van der Waals surface area contributed by atoms with Crippen LogP contribution in [0.25, 0.3) is 0 Å². The Balaban J connectivity index is 2.04. The molecule has 0 aliphatic rings. The van der Waals surface area contributed by atoms with Gasteiger partial charge in [0.25, 0.3) is 5.91 Å². The lowest BCUT2D eigenvalue weighted by atomic mass is 10.2. The number of nitrogens with one attached hydrogen (secondary N) is 1. The molecular formula is C15H11Br2NO4. The van der Waals surface area contributed by atoms with Crippen molar-refractivity contribution in [1.29, 1.82) is 0 Å². The first kappa shape index (κ1) is 16.5. The number of benzene rings is 2. The third-order valence-corrected chi connectivity index (χ3v) is 3.83. The number of ether oxygens (including phenoxy) is 1. The summed E-state index contributed by atoms with van der Waals surface area (Å²) < 4.78 is 6.73. The Morgan fingerprint density at radius 2 is 1.86 bits per heavy atom. The van der Waals surface area contributed by atoms with Gasteiger partial charge in [0.1, 0.15) is 5.75 Å². The zero-order valence-corrected chi connectivity index (χ0v) is 14.3. The highest BCUT2D eigenvalue weighted by atomic mass is 79.9. The summed E-state index contributed by atoms with van der Waals surface area (Å²) in [5.41, 5.74) is 0.222. The van der Waals surface area contributed by atoms with Gasteiger partial charge < -0.3 is 15.2 Å². The molecule has 1 amide bonds. The maximum Gasteiger partial charge on any atom is 0.337 e. The second kappa shape index (κ2) is 7.42. The smallest absolute Gasteiger partial charge is 0.337 e. The van der Waals surface area contributed by atoms with Crippen LogP contribution in [0.3, 0.4) is 0 Å². The zero-order chi connectivity index (χ0) is 16.1. The molecule has 2 rings (SSSR count). The molecular weight excluding hydrogens is 418 g/mol. The number of carboxylic acids is 1. The highest BCUT2D eigenvalue weighted by Crippen LogP contribution is 2.24. The predicted molar refractivity (Wildman–Crippen MR) is 89.4 cm³/mol. The first-order valence-electron chi connectivity index (χ1n) is 6.17. The lowest BCUT2D eigenvalue weighted by Gasteiger charge is -2.10. The number of carbonyl (C=O) groups is 2. The molecule has 0 radical (unpaired) electrons. The number of halogens is 2. The van der Waals surface area contributed by atoms with E-state index in [-0.39, 0.29) is 17.9 Å². The Kier molecular flexibility index (Phi) is 5.57. The molecule has 2 aromatic carbocycles. The fourth-order valence-corrected chi connectivity index (χ4v) is 2.45. The molecule has 22 heavy (non-hydrogen) atoms. The summed E-state index contributed by atoms with van der Waals surface area (Å²) in [5.74, 6) is -1.03. The summed E-state index contributed by atoms with van der Waals surface area (Å²) in [6.07, 6.45) is 0. The van der Waals surface area contributed by atoms with Gasteiger partial charge >= 0.3 is 5.97 Å². The number of para-hydroxylation sites is 1. The van der Waals surface area contributed by atoms with Crippen molar-refractivity contribution in [3.63, 3.8) is 0 Å². The summed E-state index contributed by atoms with van der Waals surface area (Å²) in [5, 5.41) is 11.7. The van der Waals surface area contributed by atoms with Crippen LogP contribution in [0.15, 0.2) is 51.4 Å². The number of anilines is 1. The number of amides is 1. The van der Waals surface area contributed by atoms with Gasteiger partial charge in [0, 0.05) is 4.47 Å². The topological polar surface area (TPSA) is 75.6 Å². The second-order valence-electron chi connectivity index (χ2n) is 4.26. The molecule has 0 saturated carbocycles. The van der Waals surface area contributed by atoms with Crippen LogP contribution in [0.2, 0.25) is 0 Å². The van der Waals surface area contributed by atoms with Gasteiger partial charge in [-0.05, 0) is 46.3 Å². The standard InChI is InChI=1S/C15H11Br2NO4/c16-9-5-6-12(10(7-9)15(20)21)18-14(19)8-22-13-4-2-1-3-11(13)17/h1-7H,8H2,(H,18,19)(H,20,21). The van der Waals surface area contributed by atoms with Crippen LogP contribution in [-0.4, -0.2) is 23.6 Å². The maximum atomic E-state index is 11.9. The summed E-state index contributed by atoms with van der Waals surface area (Å²) in [4.78, 5) is 23.1. The summed E-state index contributed by atoms with van der Waals surface area (Å²) in [6.45, 7) is -0.224. The van der Waals surface area contributed by atoms with Crippen LogP contribution in [0, 0.1) is 0 Å². The molecule has 0 fully saturated rings. The monoisotopic (exact) mass is 427 g/mol. The Morgan fingerprint density at radius 1 is 1.14 bits per heavy atom. The molecule has 2 N–H and O–H groups in total. The molecule has 2 aromatic rings. The summed E-state index contributed by atoms with van der Waals surface area (Å²) in [7, 11) is 0. The molecule has 7 heteroatoms. The minimum atomic E-state index is -1.12. The number of carboxylic acid groups (broad SMARTS) is 1. The van der Waals surface area contributed by atoms with Crippen LogP contribution in [0.1, 0.15) is 10.4 Å². The van der Waals surface area contributed by atoms with Crippen LogP contribution in [-0.2, 0) is 4.79 Å². The van der Waals surface area contributed by atoms with Crippen molar-refractivity contribution < 1.29 is 19.4 Å². The van der Waals surface area contributed by atoms with E-state index in [9.17, 15) is 9.59 Å². The largest absolute Gasteiger partial charge is 0.483 e. The molecule has 0 aliphatic carbocycles. The van der Waals surface area contributed by atoms with Gasteiger partial charge in [-0.2, -0.15) is 0 Å². The first-order valence-corrected chi connectivity index (χ1v) is 7.76. The molecule has 114 valence electrons. The average Bonchev–Trinajstić information content (AvgIpc) is 2.48. The Hall–Kier alpha value is -1.86. The minimum Gasteiger partial charge on any atom is -0.483 e. The number of aromatic carboxylic acids is 1. The van der Waals surface area contributed by atoms with Crippen molar-refractivity contribution in [3.05, 3.63) is 57.0 Å². The van der Waals surface area contributed by atoms with Gasteiger partial charge in [-0.25, -0.2) is 4.79 Å². The van der Waals surface area contributed by atoms with E-state index in [1.807, 2.05) is 6.07 Å². The lowest BCUT2D eigenvalue weighted by Crippen LogP contribution is -2.21. The van der Waals surface area contributed by atoms with Gasteiger partial charge in [-0.1, -0.05) is 28.1 Å². The van der Waals surface area contributed by atoms with E-state index in [0.717, 1.165) is 4.47 Å². The molecule has 0 heterocycles. The fraction of sp³-hybridized carbons (Fsp3) is 0.0667. The number of hydrogen-bond acceptors (Lipinski definition) is 3. The van der Waals surface area contributed by atoms with Crippen molar-refractivity contribution in [2.75, 3.05) is 11.9 Å². The van der Waals surface area contributed by atoms with Gasteiger partial charge in [0.2, 0.25) is 0 Å². The Labute approximate surface area is 143 Å². The van der Waals surface area contributed by atoms with E-state index < -0.39 is 11.9 Å². The van der Waals surface area contributed by atoms with Gasteiger partial charge in [-0.3, -0.25) is 4.79 Å². The molecule has 0 aliphatic heterocycles. The Morgan fingerprint density at radius 3 is 2.55 bits per heavy atom. The third-order valence-electron chi connectivity index (χ3n) is 2.68. The predicted octanol–water partition coefficient (Wildman–Crippen LogP) is 3.93. The minimum absolute atomic E-state index is 0.00335. The van der Waals surface area contributed by atoms with E-state index in [2.05, 4.69) is 37.2 Å². The molecule has 0 atom stereocenters. The number of hydrogen-bond donors (Lipinski definition) is 2. The lowest BCUT2D eigenvalue weighted by molar-refractivity contribution is -0.118. The Bertz CT molecular complexity index is 718. The van der Waals surface area contributed by atoms with Crippen molar-refractivity contribution in [3.8, 4) is 5.75 Å². The molecule has 0 aromatic heterocycles. The number of carbonyl (C=O) groups excluding carboxylic acids is 1. The van der Waals surface area contributed by atoms with Gasteiger partial charge in [0.15, 0.2) is 6.61 Å². The highest BCUT2D eigenvalue weighted by Gasteiger charge is 2.13. The van der Waals surface area contributed by atoms with Crippen LogP contribution < -0.4 is 10.1 Å². The van der Waals surface area contributed by atoms with E-state index in [4.69, 9.17) is 9.84 Å². The fourth-order valence-electron chi connectivity index (χ4n) is 1.69. The molecule has 5 nitrogen and oxygen atoms in total. The normalized spacial score (nSPS) is 10.1. The second-order valence-corrected chi connectivity index (χ2v) is 6.03. The SMILES string of the molecule is O=C(COc1ccccc1Br)Nc1ccc(Br)cc1C(=O)O. The van der Waals surface area contributed by atoms with E-state index >= 15 is 0 Å². The van der Waals surface area contributed by atoms with Crippen LogP contribution >= 0.6 is 31.9 Å². The third kappa shape index (κ3) is 4.32. The summed E-state index contributed by atoms with van der Waals surface area (Å²) in [6, 6.07) is 11.7. The van der Waals surface area contributed by atoms with Gasteiger partial charge in [-0.15, -0.1) is 0 Å². The highest BCUT2D eigenvalue weighted by molar-refractivity contribution is 9.10. The van der Waals surface area contributed by atoms with Crippen molar-refractivity contribution in [2.45, 2.75) is 0 Å². The van der Waals surface area contributed by atoms with Crippen LogP contribution in [0.4, 0.5) is 5.69 Å². The van der Waals surface area contributed by atoms with Crippen LogP contribution in [0.5, 0.6) is 5.75 Å². The molecule has 0 saturated heterocycles. The molecule has 0 spiro atoms. The van der Waals surface area contributed by atoms with E-state index in [1.165, 1.54) is 12.1 Å². The quantitative estimate of drug-likeness (QED) is 0.756. The maximum absolute atomic E-state index is 11.9. The number of rotatable bonds is 5. The van der Waals surface area contributed by atoms with Crippen molar-refractivity contribution >= 4 is 49.4 Å². The first-order chi connectivity index (χ1) is 10.5. The molecule has 0 unspecified atom stereocenters. The summed E-state index contributed by atoms with van der Waals surface area (Å²) >= 11 is 6.51.